The zero-order chi connectivity index (χ0) is 14.6. The van der Waals surface area contributed by atoms with Gasteiger partial charge in [0, 0.05) is 16.1 Å². The summed E-state index contributed by atoms with van der Waals surface area (Å²) in [6.45, 7) is 15.4. The molecular weight excluding hydrogens is 248 g/mol. The first-order valence-electron chi connectivity index (χ1n) is 7.04. The van der Waals surface area contributed by atoms with Crippen LogP contribution in [0.3, 0.4) is 0 Å². The minimum atomic E-state index is 0.264. The summed E-state index contributed by atoms with van der Waals surface area (Å²) >= 11 is 2.01. The molecule has 0 aliphatic carbocycles. The van der Waals surface area contributed by atoms with Gasteiger partial charge in [0.15, 0.2) is 0 Å². The lowest BCUT2D eigenvalue weighted by molar-refractivity contribution is 0.687. The predicted molar refractivity (Wildman–Crippen MR) is 89.4 cm³/mol. The molecule has 1 aliphatic heterocycles. The normalized spacial score (nSPS) is 19.5. The Morgan fingerprint density at radius 1 is 1.47 bits per heavy atom. The molecule has 1 heteroatoms. The third-order valence-corrected chi connectivity index (χ3v) is 4.91. The molecule has 0 aromatic carbocycles. The van der Waals surface area contributed by atoms with E-state index in [1.807, 2.05) is 11.8 Å². The van der Waals surface area contributed by atoms with E-state index in [0.717, 1.165) is 24.2 Å². The van der Waals surface area contributed by atoms with Crippen molar-refractivity contribution in [3.05, 3.63) is 34.9 Å². The topological polar surface area (TPSA) is 0 Å². The molecule has 1 heterocycles. The first-order valence-corrected chi connectivity index (χ1v) is 8.03. The van der Waals surface area contributed by atoms with Crippen molar-refractivity contribution < 1.29 is 0 Å². The Morgan fingerprint density at radius 3 is 2.58 bits per heavy atom. The van der Waals surface area contributed by atoms with Crippen LogP contribution >= 0.6 is 11.8 Å². The van der Waals surface area contributed by atoms with E-state index in [0.29, 0.717) is 5.92 Å². The average molecular weight is 274 g/mol. The van der Waals surface area contributed by atoms with Gasteiger partial charge in [-0.1, -0.05) is 53.2 Å². The number of allylic oxidation sites excluding steroid dienone is 4. The van der Waals surface area contributed by atoms with Crippen molar-refractivity contribution in [3.63, 3.8) is 0 Å². The van der Waals surface area contributed by atoms with Crippen LogP contribution in [0.1, 0.15) is 47.5 Å². The summed E-state index contributed by atoms with van der Waals surface area (Å²) in [7, 11) is 0. The van der Waals surface area contributed by atoms with Crippen LogP contribution in [-0.2, 0) is 0 Å². The Kier molecular flexibility index (Phi) is 5.56. The minimum absolute atomic E-state index is 0.264. The van der Waals surface area contributed by atoms with Gasteiger partial charge in [-0.3, -0.25) is 0 Å². The SMILES string of the molecule is C#C/C(=C\CC)C1=C(C(=C)C(C)C)CSC(C)(C)C1. The van der Waals surface area contributed by atoms with Crippen molar-refractivity contribution >= 4 is 11.8 Å². The van der Waals surface area contributed by atoms with Crippen LogP contribution < -0.4 is 0 Å². The molecule has 0 saturated heterocycles. The molecule has 0 aromatic heterocycles. The number of rotatable bonds is 4. The highest BCUT2D eigenvalue weighted by Gasteiger charge is 2.30. The molecule has 0 atom stereocenters. The number of thioether (sulfide) groups is 1. The van der Waals surface area contributed by atoms with Crippen LogP contribution in [0, 0.1) is 18.3 Å². The van der Waals surface area contributed by atoms with Gasteiger partial charge in [0.1, 0.15) is 0 Å². The molecule has 0 unspecified atom stereocenters. The molecule has 104 valence electrons. The lowest BCUT2D eigenvalue weighted by Gasteiger charge is -2.34. The van der Waals surface area contributed by atoms with Crippen LogP contribution in [0.5, 0.6) is 0 Å². The first-order chi connectivity index (χ1) is 8.82. The van der Waals surface area contributed by atoms with Crippen molar-refractivity contribution in [3.8, 4) is 12.3 Å². The van der Waals surface area contributed by atoms with E-state index in [1.165, 1.54) is 16.7 Å². The first kappa shape index (κ1) is 16.2. The maximum atomic E-state index is 5.73. The van der Waals surface area contributed by atoms with E-state index < -0.39 is 0 Å². The molecule has 19 heavy (non-hydrogen) atoms. The lowest BCUT2D eigenvalue weighted by Crippen LogP contribution is -2.24. The molecule has 0 fully saturated rings. The molecule has 0 aromatic rings. The van der Waals surface area contributed by atoms with Gasteiger partial charge >= 0.3 is 0 Å². The molecule has 1 rings (SSSR count). The highest BCUT2D eigenvalue weighted by molar-refractivity contribution is 8.00. The summed E-state index contributed by atoms with van der Waals surface area (Å²) in [5.41, 5.74) is 5.06. The van der Waals surface area contributed by atoms with Gasteiger partial charge in [-0.05, 0) is 35.5 Å². The van der Waals surface area contributed by atoms with Gasteiger partial charge in [-0.2, -0.15) is 11.8 Å². The second-order valence-corrected chi connectivity index (χ2v) is 7.72. The highest BCUT2D eigenvalue weighted by Crippen LogP contribution is 2.44. The third-order valence-electron chi connectivity index (χ3n) is 3.55. The largest absolute Gasteiger partial charge is 0.151 e. The number of hydrogen-bond donors (Lipinski definition) is 0. The van der Waals surface area contributed by atoms with Gasteiger partial charge in [-0.15, -0.1) is 6.42 Å². The summed E-state index contributed by atoms with van der Waals surface area (Å²) < 4.78 is 0.264. The van der Waals surface area contributed by atoms with Crippen LogP contribution in [0.2, 0.25) is 0 Å². The van der Waals surface area contributed by atoms with Crippen molar-refractivity contribution in [2.75, 3.05) is 5.75 Å². The molecular formula is C18H26S. The van der Waals surface area contributed by atoms with Crippen molar-refractivity contribution in [2.45, 2.75) is 52.2 Å². The van der Waals surface area contributed by atoms with Gasteiger partial charge in [0.2, 0.25) is 0 Å². The number of terminal acetylenes is 1. The zero-order valence-electron chi connectivity index (χ0n) is 13.0. The minimum Gasteiger partial charge on any atom is -0.151 e. The molecule has 0 saturated carbocycles. The molecule has 0 amide bonds. The molecule has 0 radical (unpaired) electrons. The molecule has 0 N–H and O–H groups in total. The van der Waals surface area contributed by atoms with E-state index >= 15 is 0 Å². The quantitative estimate of drug-likeness (QED) is 0.620. The maximum Gasteiger partial charge on any atom is 0.0238 e. The fourth-order valence-electron chi connectivity index (χ4n) is 2.30. The zero-order valence-corrected chi connectivity index (χ0v) is 13.8. The fourth-order valence-corrected chi connectivity index (χ4v) is 3.45. The number of hydrogen-bond acceptors (Lipinski definition) is 1. The Morgan fingerprint density at radius 2 is 2.11 bits per heavy atom. The van der Waals surface area contributed by atoms with E-state index in [1.54, 1.807) is 0 Å². The molecule has 1 aliphatic rings. The Labute approximate surface area is 123 Å². The van der Waals surface area contributed by atoms with Crippen LogP contribution in [0.25, 0.3) is 0 Å². The van der Waals surface area contributed by atoms with E-state index in [2.05, 4.69) is 53.2 Å². The van der Waals surface area contributed by atoms with Crippen molar-refractivity contribution in [2.24, 2.45) is 5.92 Å². The second kappa shape index (κ2) is 6.53. The lowest BCUT2D eigenvalue weighted by atomic mass is 9.85. The highest BCUT2D eigenvalue weighted by atomic mass is 32.2. The predicted octanol–water partition coefficient (Wildman–Crippen LogP) is 5.38. The maximum absolute atomic E-state index is 5.73. The Bertz CT molecular complexity index is 453. The molecule has 0 nitrogen and oxygen atoms in total. The summed E-state index contributed by atoms with van der Waals surface area (Å²) in [5.74, 6) is 4.40. The van der Waals surface area contributed by atoms with E-state index in [9.17, 15) is 0 Å². The van der Waals surface area contributed by atoms with Gasteiger partial charge in [0.05, 0.1) is 0 Å². The third kappa shape index (κ3) is 4.05. The Balaban J connectivity index is 3.31. The average Bonchev–Trinajstić information content (AvgIpc) is 2.34. The standard InChI is InChI=1S/C18H26S/c1-8-10-15(9-2)16-11-18(6,7)19-12-17(16)14(5)13(3)4/h2,10,13H,5,8,11-12H2,1,3-4,6-7H3/b15-10+. The molecule has 0 bridgehead atoms. The Hall–Kier alpha value is -0.870. The van der Waals surface area contributed by atoms with Crippen LogP contribution in [0.4, 0.5) is 0 Å². The van der Waals surface area contributed by atoms with E-state index in [-0.39, 0.29) is 4.75 Å². The second-order valence-electron chi connectivity index (χ2n) is 6.03. The van der Waals surface area contributed by atoms with Gasteiger partial charge in [0.25, 0.3) is 0 Å². The fraction of sp³-hybridized carbons (Fsp3) is 0.556. The van der Waals surface area contributed by atoms with Crippen molar-refractivity contribution in [1.29, 1.82) is 0 Å². The van der Waals surface area contributed by atoms with E-state index in [4.69, 9.17) is 6.42 Å². The van der Waals surface area contributed by atoms with Gasteiger partial charge in [-0.25, -0.2) is 0 Å². The summed E-state index contributed by atoms with van der Waals surface area (Å²) in [5, 5.41) is 0. The van der Waals surface area contributed by atoms with Crippen LogP contribution in [0.15, 0.2) is 34.9 Å². The van der Waals surface area contributed by atoms with Gasteiger partial charge < -0.3 is 0 Å². The van der Waals surface area contributed by atoms with Crippen LogP contribution in [-0.4, -0.2) is 10.5 Å². The molecule has 0 spiro atoms. The summed E-state index contributed by atoms with van der Waals surface area (Å²) in [4.78, 5) is 0. The monoisotopic (exact) mass is 274 g/mol. The summed E-state index contributed by atoms with van der Waals surface area (Å²) in [6, 6.07) is 0. The van der Waals surface area contributed by atoms with Crippen molar-refractivity contribution in [1.82, 2.24) is 0 Å². The smallest absolute Gasteiger partial charge is 0.0238 e. The summed E-state index contributed by atoms with van der Waals surface area (Å²) in [6.07, 6.45) is 9.92.